The Morgan fingerprint density at radius 3 is 2.60 bits per heavy atom. The molecule has 0 spiro atoms. The van der Waals surface area contributed by atoms with Gasteiger partial charge >= 0.3 is 0 Å². The first-order valence-electron chi connectivity index (χ1n) is 10.6. The number of ether oxygens (including phenoxy) is 2. The van der Waals surface area contributed by atoms with Crippen LogP contribution in [0.25, 0.3) is 0 Å². The Labute approximate surface area is 180 Å². The lowest BCUT2D eigenvalue weighted by molar-refractivity contribution is 0.0341. The lowest BCUT2D eigenvalue weighted by Crippen LogP contribution is -2.38. The summed E-state index contributed by atoms with van der Waals surface area (Å²) in [6.45, 7) is 8.21. The molecule has 0 atom stereocenters. The molecule has 2 aromatic rings. The minimum Gasteiger partial charge on any atom is -0.496 e. The van der Waals surface area contributed by atoms with Gasteiger partial charge in [0.25, 0.3) is 0 Å². The van der Waals surface area contributed by atoms with Crippen molar-refractivity contribution in [1.82, 2.24) is 15.5 Å². The standard InChI is InChI=1S/C24H34N4O2/c1-19-8-9-20(16-23(19)29-3)10-11-26-24(25-2)27-17-21-6-4-5-7-22(21)18-28-12-14-30-15-13-28/h4-9,16H,10-15,17-18H2,1-3H3,(H2,25,26,27). The number of aryl methyl sites for hydroxylation is 1. The van der Waals surface area contributed by atoms with Gasteiger partial charge in [-0.15, -0.1) is 0 Å². The van der Waals surface area contributed by atoms with Crippen molar-refractivity contribution in [3.63, 3.8) is 0 Å². The van der Waals surface area contributed by atoms with Gasteiger partial charge in [0.15, 0.2) is 5.96 Å². The van der Waals surface area contributed by atoms with E-state index in [1.54, 1.807) is 7.11 Å². The van der Waals surface area contributed by atoms with E-state index in [4.69, 9.17) is 9.47 Å². The number of hydrogen-bond acceptors (Lipinski definition) is 4. The Morgan fingerprint density at radius 2 is 1.87 bits per heavy atom. The number of morpholine rings is 1. The summed E-state index contributed by atoms with van der Waals surface area (Å²) < 4.78 is 10.9. The van der Waals surface area contributed by atoms with E-state index in [0.29, 0.717) is 0 Å². The highest BCUT2D eigenvalue weighted by Gasteiger charge is 2.12. The highest BCUT2D eigenvalue weighted by atomic mass is 16.5. The Kier molecular flexibility index (Phi) is 8.53. The van der Waals surface area contributed by atoms with Gasteiger partial charge in [-0.25, -0.2) is 0 Å². The molecule has 1 heterocycles. The van der Waals surface area contributed by atoms with Gasteiger partial charge in [-0.1, -0.05) is 36.4 Å². The predicted molar refractivity (Wildman–Crippen MR) is 122 cm³/mol. The lowest BCUT2D eigenvalue weighted by Gasteiger charge is -2.27. The second-order valence-corrected chi connectivity index (χ2v) is 7.56. The van der Waals surface area contributed by atoms with Crippen molar-refractivity contribution in [2.45, 2.75) is 26.4 Å². The normalized spacial score (nSPS) is 15.1. The molecule has 1 aliphatic rings. The average Bonchev–Trinajstić information content (AvgIpc) is 2.78. The zero-order valence-electron chi connectivity index (χ0n) is 18.4. The topological polar surface area (TPSA) is 58.1 Å². The summed E-state index contributed by atoms with van der Waals surface area (Å²) in [7, 11) is 3.52. The van der Waals surface area contributed by atoms with Gasteiger partial charge < -0.3 is 20.1 Å². The molecule has 2 N–H and O–H groups in total. The van der Waals surface area contributed by atoms with Crippen molar-refractivity contribution in [3.8, 4) is 5.75 Å². The van der Waals surface area contributed by atoms with Crippen molar-refractivity contribution in [3.05, 3.63) is 64.7 Å². The number of nitrogens with zero attached hydrogens (tertiary/aromatic N) is 2. The molecular weight excluding hydrogens is 376 g/mol. The maximum atomic E-state index is 5.46. The van der Waals surface area contributed by atoms with Crippen LogP contribution in [0.5, 0.6) is 5.75 Å². The van der Waals surface area contributed by atoms with Crippen molar-refractivity contribution in [2.75, 3.05) is 47.0 Å². The first-order valence-corrected chi connectivity index (χ1v) is 10.6. The number of hydrogen-bond donors (Lipinski definition) is 2. The molecule has 6 heteroatoms. The van der Waals surface area contributed by atoms with Crippen LogP contribution in [-0.4, -0.2) is 57.9 Å². The number of rotatable bonds is 8. The maximum absolute atomic E-state index is 5.46. The number of methoxy groups -OCH3 is 1. The quantitative estimate of drug-likeness (QED) is 0.518. The van der Waals surface area contributed by atoms with Crippen LogP contribution in [0.15, 0.2) is 47.5 Å². The number of benzene rings is 2. The first-order chi connectivity index (χ1) is 14.7. The zero-order chi connectivity index (χ0) is 21.2. The molecule has 0 saturated carbocycles. The van der Waals surface area contributed by atoms with E-state index < -0.39 is 0 Å². The summed E-state index contributed by atoms with van der Waals surface area (Å²) in [5.41, 5.74) is 5.06. The third-order valence-electron chi connectivity index (χ3n) is 5.46. The zero-order valence-corrected chi connectivity index (χ0v) is 18.4. The molecule has 1 aliphatic heterocycles. The fraction of sp³-hybridized carbons (Fsp3) is 0.458. The highest BCUT2D eigenvalue weighted by Crippen LogP contribution is 2.19. The van der Waals surface area contributed by atoms with E-state index in [9.17, 15) is 0 Å². The number of aliphatic imine (C=N–C) groups is 1. The Bertz CT molecular complexity index is 832. The van der Waals surface area contributed by atoms with Crippen LogP contribution in [0.3, 0.4) is 0 Å². The molecule has 1 fully saturated rings. The summed E-state index contributed by atoms with van der Waals surface area (Å²) in [5, 5.41) is 6.86. The Balaban J connectivity index is 1.49. The number of guanidine groups is 1. The third kappa shape index (κ3) is 6.47. The molecule has 1 saturated heterocycles. The molecule has 3 rings (SSSR count). The summed E-state index contributed by atoms with van der Waals surface area (Å²) >= 11 is 0. The van der Waals surface area contributed by atoms with Crippen LogP contribution in [0.4, 0.5) is 0 Å². The van der Waals surface area contributed by atoms with Crippen LogP contribution in [0.1, 0.15) is 22.3 Å². The summed E-state index contributed by atoms with van der Waals surface area (Å²) in [6.07, 6.45) is 0.908. The van der Waals surface area contributed by atoms with Crippen LogP contribution in [0, 0.1) is 6.92 Å². The second-order valence-electron chi connectivity index (χ2n) is 7.56. The molecule has 30 heavy (non-hydrogen) atoms. The third-order valence-corrected chi connectivity index (χ3v) is 5.46. The average molecular weight is 411 g/mol. The fourth-order valence-electron chi connectivity index (χ4n) is 3.63. The molecular formula is C24H34N4O2. The molecule has 0 aromatic heterocycles. The summed E-state index contributed by atoms with van der Waals surface area (Å²) in [4.78, 5) is 6.82. The maximum Gasteiger partial charge on any atom is 0.191 e. The lowest BCUT2D eigenvalue weighted by atomic mass is 10.1. The van der Waals surface area contributed by atoms with E-state index in [-0.39, 0.29) is 0 Å². The Morgan fingerprint density at radius 1 is 1.10 bits per heavy atom. The summed E-state index contributed by atoms with van der Waals surface area (Å²) in [5.74, 6) is 1.75. The van der Waals surface area contributed by atoms with Crippen molar-refractivity contribution in [2.24, 2.45) is 4.99 Å². The largest absolute Gasteiger partial charge is 0.496 e. The van der Waals surface area contributed by atoms with E-state index >= 15 is 0 Å². The van der Waals surface area contributed by atoms with Crippen LogP contribution < -0.4 is 15.4 Å². The molecule has 0 bridgehead atoms. The second kappa shape index (κ2) is 11.6. The van der Waals surface area contributed by atoms with Gasteiger partial charge in [0.1, 0.15) is 5.75 Å². The van der Waals surface area contributed by atoms with Gasteiger partial charge in [-0.3, -0.25) is 9.89 Å². The molecule has 162 valence electrons. The fourth-order valence-corrected chi connectivity index (χ4v) is 3.63. The molecule has 0 aliphatic carbocycles. The highest BCUT2D eigenvalue weighted by molar-refractivity contribution is 5.79. The molecule has 0 amide bonds. The monoisotopic (exact) mass is 410 g/mol. The van der Waals surface area contributed by atoms with Crippen molar-refractivity contribution >= 4 is 5.96 Å². The van der Waals surface area contributed by atoms with Gasteiger partial charge in [0.2, 0.25) is 0 Å². The summed E-state index contributed by atoms with van der Waals surface area (Å²) in [6, 6.07) is 15.0. The van der Waals surface area contributed by atoms with Gasteiger partial charge in [0.05, 0.1) is 20.3 Å². The van der Waals surface area contributed by atoms with Crippen LogP contribution in [0.2, 0.25) is 0 Å². The minimum atomic E-state index is 0.749. The SMILES string of the molecule is CN=C(NCCc1ccc(C)c(OC)c1)NCc1ccccc1CN1CCOCC1. The van der Waals surface area contributed by atoms with E-state index in [2.05, 4.69) is 69.9 Å². The van der Waals surface area contributed by atoms with Crippen molar-refractivity contribution < 1.29 is 9.47 Å². The van der Waals surface area contributed by atoms with E-state index in [1.807, 2.05) is 7.05 Å². The van der Waals surface area contributed by atoms with Crippen LogP contribution >= 0.6 is 0 Å². The van der Waals surface area contributed by atoms with Gasteiger partial charge in [-0.05, 0) is 41.7 Å². The van der Waals surface area contributed by atoms with Gasteiger partial charge in [0, 0.05) is 39.8 Å². The predicted octanol–water partition coefficient (Wildman–Crippen LogP) is 2.74. The number of nitrogens with one attached hydrogen (secondary N) is 2. The molecule has 0 unspecified atom stereocenters. The van der Waals surface area contributed by atoms with E-state index in [1.165, 1.54) is 16.7 Å². The van der Waals surface area contributed by atoms with Gasteiger partial charge in [-0.2, -0.15) is 0 Å². The Hall–Kier alpha value is -2.57. The van der Waals surface area contributed by atoms with Crippen LogP contribution in [-0.2, 0) is 24.2 Å². The molecule has 2 aromatic carbocycles. The molecule has 6 nitrogen and oxygen atoms in total. The van der Waals surface area contributed by atoms with Crippen molar-refractivity contribution in [1.29, 1.82) is 0 Å². The minimum absolute atomic E-state index is 0.749. The first kappa shape index (κ1) is 22.1. The smallest absolute Gasteiger partial charge is 0.191 e. The van der Waals surface area contributed by atoms with E-state index in [0.717, 1.165) is 69.6 Å². The molecule has 0 radical (unpaired) electrons.